The quantitative estimate of drug-likeness (QED) is 0.763. The molecule has 6 nitrogen and oxygen atoms in total. The summed E-state index contributed by atoms with van der Waals surface area (Å²) in [6.45, 7) is 6.66. The van der Waals surface area contributed by atoms with Crippen LogP contribution in [0.3, 0.4) is 0 Å². The Labute approximate surface area is 156 Å². The van der Waals surface area contributed by atoms with Crippen molar-refractivity contribution in [1.29, 1.82) is 0 Å². The number of halogens is 3. The predicted molar refractivity (Wildman–Crippen MR) is 94.2 cm³/mol. The maximum atomic E-state index is 12.1. The van der Waals surface area contributed by atoms with Crippen LogP contribution < -0.4 is 15.4 Å². The fourth-order valence-corrected chi connectivity index (χ4v) is 2.92. The highest BCUT2D eigenvalue weighted by molar-refractivity contribution is 6.39. The van der Waals surface area contributed by atoms with Gasteiger partial charge in [0.05, 0.1) is 0 Å². The number of likely N-dealkylation sites (tertiary alicyclic amines) is 1. The van der Waals surface area contributed by atoms with Crippen LogP contribution in [0.15, 0.2) is 24.3 Å². The zero-order valence-electron chi connectivity index (χ0n) is 15.3. The normalized spacial score (nSPS) is 16.2. The monoisotopic (exact) mass is 387 g/mol. The van der Waals surface area contributed by atoms with Crippen LogP contribution in [0.5, 0.6) is 5.75 Å². The number of piperidine rings is 1. The average molecular weight is 387 g/mol. The Balaban J connectivity index is 1.75. The summed E-state index contributed by atoms with van der Waals surface area (Å²) < 4.78 is 40.1. The van der Waals surface area contributed by atoms with Gasteiger partial charge in [-0.3, -0.25) is 9.59 Å². The molecular weight excluding hydrogens is 363 g/mol. The van der Waals surface area contributed by atoms with Crippen molar-refractivity contribution < 1.29 is 27.5 Å². The van der Waals surface area contributed by atoms with E-state index in [1.807, 2.05) is 0 Å². The Hall–Kier alpha value is -2.29. The van der Waals surface area contributed by atoms with Crippen molar-refractivity contribution in [2.75, 3.05) is 25.0 Å². The summed E-state index contributed by atoms with van der Waals surface area (Å²) in [4.78, 5) is 26.2. The van der Waals surface area contributed by atoms with E-state index in [1.54, 1.807) is 0 Å². The summed E-state index contributed by atoms with van der Waals surface area (Å²) in [6.07, 6.45) is -2.86. The molecule has 1 aromatic rings. The fourth-order valence-electron chi connectivity index (χ4n) is 2.92. The Kier molecular flexibility index (Phi) is 7.06. The first-order chi connectivity index (χ1) is 12.6. The van der Waals surface area contributed by atoms with Crippen LogP contribution in [-0.2, 0) is 9.59 Å². The molecule has 0 atom stereocenters. The standard InChI is InChI=1S/C18H24F3N3O3/c1-12(2)24-9-7-13(8-10-24)11-22-16(25)17(26)23-14-3-5-15(6-4-14)27-18(19,20)21/h3-6,12-13H,7-11H2,1-2H3,(H,22,25)(H,23,26). The molecule has 27 heavy (non-hydrogen) atoms. The zero-order chi connectivity index (χ0) is 20.0. The van der Waals surface area contributed by atoms with Crippen LogP contribution in [0.1, 0.15) is 26.7 Å². The third kappa shape index (κ3) is 7.09. The van der Waals surface area contributed by atoms with Gasteiger partial charge < -0.3 is 20.3 Å². The van der Waals surface area contributed by atoms with Gasteiger partial charge in [-0.1, -0.05) is 0 Å². The lowest BCUT2D eigenvalue weighted by atomic mass is 9.96. The minimum absolute atomic E-state index is 0.204. The number of carbonyl (C=O) groups is 2. The Morgan fingerprint density at radius 3 is 2.26 bits per heavy atom. The van der Waals surface area contributed by atoms with E-state index in [0.29, 0.717) is 18.5 Å². The van der Waals surface area contributed by atoms with Gasteiger partial charge in [-0.05, 0) is 70.0 Å². The predicted octanol–water partition coefficient (Wildman–Crippen LogP) is 2.76. The zero-order valence-corrected chi connectivity index (χ0v) is 15.3. The van der Waals surface area contributed by atoms with E-state index in [-0.39, 0.29) is 5.69 Å². The second kappa shape index (κ2) is 9.07. The maximum absolute atomic E-state index is 12.1. The van der Waals surface area contributed by atoms with Crippen molar-refractivity contribution in [2.45, 2.75) is 39.1 Å². The van der Waals surface area contributed by atoms with Gasteiger partial charge in [-0.25, -0.2) is 0 Å². The molecule has 1 aromatic carbocycles. The van der Waals surface area contributed by atoms with Crippen molar-refractivity contribution in [2.24, 2.45) is 5.92 Å². The molecule has 0 aromatic heterocycles. The fraction of sp³-hybridized carbons (Fsp3) is 0.556. The van der Waals surface area contributed by atoms with Crippen molar-refractivity contribution in [3.63, 3.8) is 0 Å². The molecule has 0 aliphatic carbocycles. The third-order valence-electron chi connectivity index (χ3n) is 4.48. The largest absolute Gasteiger partial charge is 0.573 e. The smallest absolute Gasteiger partial charge is 0.406 e. The molecule has 1 aliphatic heterocycles. The van der Waals surface area contributed by atoms with E-state index in [1.165, 1.54) is 12.1 Å². The number of benzene rings is 1. The van der Waals surface area contributed by atoms with Crippen LogP contribution in [0.4, 0.5) is 18.9 Å². The number of amides is 2. The van der Waals surface area contributed by atoms with E-state index in [2.05, 4.69) is 34.1 Å². The van der Waals surface area contributed by atoms with Crippen molar-refractivity contribution in [3.8, 4) is 5.75 Å². The van der Waals surface area contributed by atoms with Gasteiger partial charge in [-0.2, -0.15) is 0 Å². The van der Waals surface area contributed by atoms with Crippen molar-refractivity contribution in [3.05, 3.63) is 24.3 Å². The lowest BCUT2D eigenvalue weighted by Gasteiger charge is -2.34. The van der Waals surface area contributed by atoms with Crippen molar-refractivity contribution in [1.82, 2.24) is 10.2 Å². The number of rotatable bonds is 5. The Morgan fingerprint density at radius 2 is 1.74 bits per heavy atom. The molecule has 2 N–H and O–H groups in total. The third-order valence-corrected chi connectivity index (χ3v) is 4.48. The molecule has 0 unspecified atom stereocenters. The second-order valence-electron chi connectivity index (χ2n) is 6.81. The summed E-state index contributed by atoms with van der Waals surface area (Å²) in [7, 11) is 0. The molecule has 0 radical (unpaired) electrons. The van der Waals surface area contributed by atoms with Crippen molar-refractivity contribution >= 4 is 17.5 Å². The first-order valence-electron chi connectivity index (χ1n) is 8.83. The number of nitrogens with zero attached hydrogens (tertiary/aromatic N) is 1. The minimum atomic E-state index is -4.78. The Morgan fingerprint density at radius 1 is 1.15 bits per heavy atom. The number of hydrogen-bond acceptors (Lipinski definition) is 4. The highest BCUT2D eigenvalue weighted by Gasteiger charge is 2.31. The molecule has 1 heterocycles. The van der Waals surface area contributed by atoms with E-state index in [9.17, 15) is 22.8 Å². The Bertz CT molecular complexity index is 639. The van der Waals surface area contributed by atoms with E-state index < -0.39 is 23.9 Å². The topological polar surface area (TPSA) is 70.7 Å². The molecule has 150 valence electrons. The molecular formula is C18H24F3N3O3. The molecule has 9 heteroatoms. The van der Waals surface area contributed by atoms with Crippen LogP contribution in [0.2, 0.25) is 0 Å². The summed E-state index contributed by atoms with van der Waals surface area (Å²) in [5.74, 6) is -1.70. The molecule has 1 fully saturated rings. The highest BCUT2D eigenvalue weighted by Crippen LogP contribution is 2.24. The summed E-state index contributed by atoms with van der Waals surface area (Å²) in [5.41, 5.74) is 0.204. The molecule has 2 rings (SSSR count). The molecule has 0 saturated carbocycles. The minimum Gasteiger partial charge on any atom is -0.406 e. The first kappa shape index (κ1) is 21.0. The lowest BCUT2D eigenvalue weighted by Crippen LogP contribution is -2.43. The second-order valence-corrected chi connectivity index (χ2v) is 6.81. The molecule has 1 aliphatic rings. The number of alkyl halides is 3. The van der Waals surface area contributed by atoms with Gasteiger partial charge in [0, 0.05) is 18.3 Å². The number of ether oxygens (including phenoxy) is 1. The SMILES string of the molecule is CC(C)N1CCC(CNC(=O)C(=O)Nc2ccc(OC(F)(F)F)cc2)CC1. The van der Waals surface area contributed by atoms with E-state index in [4.69, 9.17) is 0 Å². The summed E-state index contributed by atoms with van der Waals surface area (Å²) >= 11 is 0. The number of carbonyl (C=O) groups excluding carboxylic acids is 2. The van der Waals surface area contributed by atoms with Gasteiger partial charge >= 0.3 is 18.2 Å². The number of hydrogen-bond donors (Lipinski definition) is 2. The highest BCUT2D eigenvalue weighted by atomic mass is 19.4. The van der Waals surface area contributed by atoms with Crippen LogP contribution >= 0.6 is 0 Å². The lowest BCUT2D eigenvalue weighted by molar-refractivity contribution is -0.274. The van der Waals surface area contributed by atoms with Crippen LogP contribution in [0.25, 0.3) is 0 Å². The number of anilines is 1. The first-order valence-corrected chi connectivity index (χ1v) is 8.83. The molecule has 0 spiro atoms. The van der Waals surface area contributed by atoms with Crippen LogP contribution in [0, 0.1) is 5.92 Å². The van der Waals surface area contributed by atoms with E-state index in [0.717, 1.165) is 38.1 Å². The number of nitrogens with one attached hydrogen (secondary N) is 2. The molecule has 0 bridgehead atoms. The van der Waals surface area contributed by atoms with Crippen LogP contribution in [-0.4, -0.2) is 48.8 Å². The van der Waals surface area contributed by atoms with Gasteiger partial charge in [-0.15, -0.1) is 13.2 Å². The molecule has 2 amide bonds. The summed E-state index contributed by atoms with van der Waals surface area (Å²) in [6, 6.07) is 5.08. The average Bonchev–Trinajstić information content (AvgIpc) is 2.60. The van der Waals surface area contributed by atoms with E-state index >= 15 is 0 Å². The van der Waals surface area contributed by atoms with Gasteiger partial charge in [0.15, 0.2) is 0 Å². The van der Waals surface area contributed by atoms with Gasteiger partial charge in [0.2, 0.25) is 0 Å². The van der Waals surface area contributed by atoms with Gasteiger partial charge in [0.25, 0.3) is 0 Å². The maximum Gasteiger partial charge on any atom is 0.573 e. The summed E-state index contributed by atoms with van der Waals surface area (Å²) in [5, 5.41) is 4.96. The molecule has 1 saturated heterocycles. The van der Waals surface area contributed by atoms with Gasteiger partial charge in [0.1, 0.15) is 5.75 Å².